The second kappa shape index (κ2) is 5.43. The van der Waals surface area contributed by atoms with Gasteiger partial charge in [-0.1, -0.05) is 29.8 Å². The van der Waals surface area contributed by atoms with Gasteiger partial charge in [-0.15, -0.1) is 0 Å². The van der Waals surface area contributed by atoms with Crippen LogP contribution in [0.4, 0.5) is 0 Å². The topological polar surface area (TPSA) is 32.7 Å². The number of aliphatic hydroxyl groups excluding tert-OH is 1. The van der Waals surface area contributed by atoms with Gasteiger partial charge in [0, 0.05) is 13.1 Å². The molecule has 1 heterocycles. The third kappa shape index (κ3) is 2.61. The molecule has 88 valence electrons. The fourth-order valence-electron chi connectivity index (χ4n) is 2.20. The molecule has 0 bridgehead atoms. The normalized spacial score (nSPS) is 19.6. The first-order valence-electron chi connectivity index (χ1n) is 5.80. The van der Waals surface area contributed by atoms with Crippen molar-refractivity contribution in [3.63, 3.8) is 0 Å². The SMILES string of the molecule is Cc1cccc([C@H](CO)N2CCOCC2)c1. The van der Waals surface area contributed by atoms with E-state index in [2.05, 4.69) is 30.0 Å². The Labute approximate surface area is 96.6 Å². The minimum absolute atomic E-state index is 0.115. The highest BCUT2D eigenvalue weighted by Crippen LogP contribution is 2.21. The van der Waals surface area contributed by atoms with E-state index in [1.807, 2.05) is 6.07 Å². The Morgan fingerprint density at radius 1 is 1.38 bits per heavy atom. The molecule has 1 N–H and O–H groups in total. The summed E-state index contributed by atoms with van der Waals surface area (Å²) in [5.41, 5.74) is 2.44. The lowest BCUT2D eigenvalue weighted by Gasteiger charge is -2.33. The number of hydrogen-bond acceptors (Lipinski definition) is 3. The molecule has 0 saturated carbocycles. The number of benzene rings is 1. The van der Waals surface area contributed by atoms with E-state index in [1.54, 1.807) is 0 Å². The second-order valence-electron chi connectivity index (χ2n) is 4.26. The van der Waals surface area contributed by atoms with E-state index in [0.717, 1.165) is 26.3 Å². The zero-order valence-electron chi connectivity index (χ0n) is 9.72. The van der Waals surface area contributed by atoms with Crippen molar-refractivity contribution in [2.75, 3.05) is 32.9 Å². The van der Waals surface area contributed by atoms with Crippen LogP contribution in [0.15, 0.2) is 24.3 Å². The van der Waals surface area contributed by atoms with Gasteiger partial charge >= 0.3 is 0 Å². The van der Waals surface area contributed by atoms with Gasteiger partial charge in [0.25, 0.3) is 0 Å². The van der Waals surface area contributed by atoms with Crippen molar-refractivity contribution in [3.05, 3.63) is 35.4 Å². The molecule has 1 aromatic carbocycles. The van der Waals surface area contributed by atoms with Gasteiger partial charge in [0.05, 0.1) is 25.9 Å². The molecule has 0 radical (unpaired) electrons. The van der Waals surface area contributed by atoms with E-state index >= 15 is 0 Å². The lowest BCUT2D eigenvalue weighted by Crippen LogP contribution is -2.40. The Hall–Kier alpha value is -0.900. The van der Waals surface area contributed by atoms with Crippen molar-refractivity contribution < 1.29 is 9.84 Å². The van der Waals surface area contributed by atoms with E-state index in [1.165, 1.54) is 11.1 Å². The van der Waals surface area contributed by atoms with E-state index in [9.17, 15) is 5.11 Å². The molecular weight excluding hydrogens is 202 g/mol. The van der Waals surface area contributed by atoms with Crippen LogP contribution in [-0.2, 0) is 4.74 Å². The third-order valence-corrected chi connectivity index (χ3v) is 3.09. The smallest absolute Gasteiger partial charge is 0.0628 e. The quantitative estimate of drug-likeness (QED) is 0.836. The molecule has 3 heteroatoms. The first-order valence-corrected chi connectivity index (χ1v) is 5.80. The highest BCUT2D eigenvalue weighted by molar-refractivity contribution is 5.25. The van der Waals surface area contributed by atoms with Crippen molar-refractivity contribution in [1.82, 2.24) is 4.90 Å². The van der Waals surface area contributed by atoms with Crippen molar-refractivity contribution in [1.29, 1.82) is 0 Å². The molecule has 1 aromatic rings. The number of aryl methyl sites for hydroxylation is 1. The minimum atomic E-state index is 0.115. The zero-order valence-corrected chi connectivity index (χ0v) is 9.72. The van der Waals surface area contributed by atoms with Gasteiger partial charge in [0.2, 0.25) is 0 Å². The molecule has 0 aliphatic carbocycles. The van der Waals surface area contributed by atoms with Crippen LogP contribution in [0.1, 0.15) is 17.2 Å². The van der Waals surface area contributed by atoms with Crippen LogP contribution in [0.25, 0.3) is 0 Å². The molecule has 0 amide bonds. The van der Waals surface area contributed by atoms with E-state index < -0.39 is 0 Å². The first kappa shape index (κ1) is 11.6. The average Bonchev–Trinajstić information content (AvgIpc) is 2.31. The number of hydrogen-bond donors (Lipinski definition) is 1. The van der Waals surface area contributed by atoms with Gasteiger partial charge in [-0.3, -0.25) is 4.90 Å². The molecule has 1 fully saturated rings. The zero-order chi connectivity index (χ0) is 11.4. The first-order chi connectivity index (χ1) is 7.81. The Bertz CT molecular complexity index is 334. The summed E-state index contributed by atoms with van der Waals surface area (Å²) < 4.78 is 5.33. The van der Waals surface area contributed by atoms with Gasteiger partial charge in [-0.25, -0.2) is 0 Å². The van der Waals surface area contributed by atoms with E-state index in [4.69, 9.17) is 4.74 Å². The molecule has 3 nitrogen and oxygen atoms in total. The lowest BCUT2D eigenvalue weighted by atomic mass is 10.0. The summed E-state index contributed by atoms with van der Waals surface area (Å²) in [7, 11) is 0. The number of ether oxygens (including phenoxy) is 1. The Balaban J connectivity index is 2.14. The van der Waals surface area contributed by atoms with Gasteiger partial charge < -0.3 is 9.84 Å². The van der Waals surface area contributed by atoms with Crippen LogP contribution >= 0.6 is 0 Å². The monoisotopic (exact) mass is 221 g/mol. The molecule has 0 aromatic heterocycles. The van der Waals surface area contributed by atoms with Crippen LogP contribution in [0.2, 0.25) is 0 Å². The van der Waals surface area contributed by atoms with E-state index in [-0.39, 0.29) is 12.6 Å². The Kier molecular flexibility index (Phi) is 3.93. The number of aliphatic hydroxyl groups is 1. The summed E-state index contributed by atoms with van der Waals surface area (Å²) in [6.45, 7) is 5.59. The molecular formula is C13H19NO2. The van der Waals surface area contributed by atoms with Crippen LogP contribution in [-0.4, -0.2) is 42.9 Å². The molecule has 1 atom stereocenters. The van der Waals surface area contributed by atoms with Gasteiger partial charge in [-0.2, -0.15) is 0 Å². The third-order valence-electron chi connectivity index (χ3n) is 3.09. The average molecular weight is 221 g/mol. The summed E-state index contributed by atoms with van der Waals surface area (Å²) >= 11 is 0. The molecule has 0 spiro atoms. The highest BCUT2D eigenvalue weighted by Gasteiger charge is 2.21. The molecule has 16 heavy (non-hydrogen) atoms. The largest absolute Gasteiger partial charge is 0.394 e. The summed E-state index contributed by atoms with van der Waals surface area (Å²) in [5, 5.41) is 9.54. The predicted octanol–water partition coefficient (Wildman–Crippen LogP) is 1.36. The number of morpholine rings is 1. The molecule has 1 aliphatic rings. The van der Waals surface area contributed by atoms with Crippen molar-refractivity contribution >= 4 is 0 Å². The number of nitrogens with zero attached hydrogens (tertiary/aromatic N) is 1. The highest BCUT2D eigenvalue weighted by atomic mass is 16.5. The fourth-order valence-corrected chi connectivity index (χ4v) is 2.20. The summed E-state index contributed by atoms with van der Waals surface area (Å²) in [6.07, 6.45) is 0. The maximum Gasteiger partial charge on any atom is 0.0628 e. The number of rotatable bonds is 3. The molecule has 0 unspecified atom stereocenters. The van der Waals surface area contributed by atoms with Crippen molar-refractivity contribution in [2.24, 2.45) is 0 Å². The second-order valence-corrected chi connectivity index (χ2v) is 4.26. The summed E-state index contributed by atoms with van der Waals surface area (Å²) in [6, 6.07) is 8.48. The standard InChI is InChI=1S/C13H19NO2/c1-11-3-2-4-12(9-11)13(10-15)14-5-7-16-8-6-14/h2-4,9,13,15H,5-8,10H2,1H3/t13-/m0/s1. The predicted molar refractivity (Wildman–Crippen MR) is 63.4 cm³/mol. The summed E-state index contributed by atoms with van der Waals surface area (Å²) in [4.78, 5) is 2.29. The van der Waals surface area contributed by atoms with Gasteiger partial charge in [0.1, 0.15) is 0 Å². The van der Waals surface area contributed by atoms with Crippen molar-refractivity contribution in [3.8, 4) is 0 Å². The van der Waals surface area contributed by atoms with Crippen LogP contribution in [0, 0.1) is 6.92 Å². The summed E-state index contributed by atoms with van der Waals surface area (Å²) in [5.74, 6) is 0. The fraction of sp³-hybridized carbons (Fsp3) is 0.538. The van der Waals surface area contributed by atoms with Crippen LogP contribution < -0.4 is 0 Å². The van der Waals surface area contributed by atoms with Gasteiger partial charge in [-0.05, 0) is 12.5 Å². The Morgan fingerprint density at radius 2 is 2.12 bits per heavy atom. The molecule has 2 rings (SSSR count). The molecule has 1 saturated heterocycles. The Morgan fingerprint density at radius 3 is 2.75 bits per heavy atom. The molecule has 1 aliphatic heterocycles. The van der Waals surface area contributed by atoms with Gasteiger partial charge in [0.15, 0.2) is 0 Å². The van der Waals surface area contributed by atoms with E-state index in [0.29, 0.717) is 0 Å². The minimum Gasteiger partial charge on any atom is -0.394 e. The van der Waals surface area contributed by atoms with Crippen molar-refractivity contribution in [2.45, 2.75) is 13.0 Å². The maximum atomic E-state index is 9.54. The van der Waals surface area contributed by atoms with Crippen LogP contribution in [0.5, 0.6) is 0 Å². The van der Waals surface area contributed by atoms with Crippen LogP contribution in [0.3, 0.4) is 0 Å². The lowest BCUT2D eigenvalue weighted by molar-refractivity contribution is 0.00258. The maximum absolute atomic E-state index is 9.54.